The van der Waals surface area contributed by atoms with Gasteiger partial charge in [0, 0.05) is 12.1 Å². The number of benzene rings is 3. The molecule has 1 aliphatic heterocycles. The molecule has 162 valence electrons. The van der Waals surface area contributed by atoms with Crippen molar-refractivity contribution in [2.24, 2.45) is 0 Å². The first-order valence-corrected chi connectivity index (χ1v) is 10.7. The molecule has 1 saturated heterocycles. The number of hydrogen-bond acceptors (Lipinski definition) is 5. The Balaban J connectivity index is 1.43. The van der Waals surface area contributed by atoms with E-state index < -0.39 is 0 Å². The first kappa shape index (κ1) is 20.1. The number of methoxy groups -OCH3 is 2. The maximum atomic E-state index is 13.2. The van der Waals surface area contributed by atoms with Gasteiger partial charge in [-0.25, -0.2) is 4.98 Å². The number of oxazole rings is 1. The number of rotatable bonds is 5. The summed E-state index contributed by atoms with van der Waals surface area (Å²) in [5.41, 5.74) is 4.24. The second-order valence-electron chi connectivity index (χ2n) is 7.85. The van der Waals surface area contributed by atoms with E-state index in [9.17, 15) is 4.79 Å². The van der Waals surface area contributed by atoms with Gasteiger partial charge in [-0.3, -0.25) is 4.79 Å². The molecule has 1 atom stereocenters. The summed E-state index contributed by atoms with van der Waals surface area (Å²) in [5.74, 6) is 2.04. The smallest absolute Gasteiger partial charge is 0.254 e. The third-order valence-corrected chi connectivity index (χ3v) is 5.94. The minimum atomic E-state index is -0.175. The van der Waals surface area contributed by atoms with Crippen LogP contribution in [0.5, 0.6) is 11.5 Å². The molecule has 4 aromatic rings. The highest BCUT2D eigenvalue weighted by molar-refractivity contribution is 5.95. The van der Waals surface area contributed by atoms with Gasteiger partial charge in [-0.2, -0.15) is 0 Å². The SMILES string of the molecule is COc1ccc(-c2ccc3oc([C@@H]4CCCN4C(=O)c4cccc(OC)c4)nc3c2)cc1. The highest BCUT2D eigenvalue weighted by Crippen LogP contribution is 2.35. The third-order valence-electron chi connectivity index (χ3n) is 5.94. The number of ether oxygens (including phenoxy) is 2. The van der Waals surface area contributed by atoms with Crippen molar-refractivity contribution in [1.82, 2.24) is 9.88 Å². The summed E-state index contributed by atoms with van der Waals surface area (Å²) in [7, 11) is 3.25. The van der Waals surface area contributed by atoms with Crippen molar-refractivity contribution in [3.63, 3.8) is 0 Å². The van der Waals surface area contributed by atoms with Gasteiger partial charge in [0.1, 0.15) is 23.1 Å². The van der Waals surface area contributed by atoms with E-state index in [4.69, 9.17) is 18.9 Å². The molecule has 0 aliphatic carbocycles. The van der Waals surface area contributed by atoms with Gasteiger partial charge in [0.05, 0.1) is 14.2 Å². The summed E-state index contributed by atoms with van der Waals surface area (Å²) in [6, 6.07) is 21.0. The Labute approximate surface area is 186 Å². The zero-order valence-electron chi connectivity index (χ0n) is 18.1. The van der Waals surface area contributed by atoms with Gasteiger partial charge in [0.25, 0.3) is 5.91 Å². The Morgan fingerprint density at radius 2 is 1.75 bits per heavy atom. The fraction of sp³-hybridized carbons (Fsp3) is 0.231. The minimum absolute atomic E-state index is 0.0347. The van der Waals surface area contributed by atoms with Gasteiger partial charge in [-0.15, -0.1) is 0 Å². The lowest BCUT2D eigenvalue weighted by atomic mass is 10.1. The van der Waals surface area contributed by atoms with E-state index in [1.165, 1.54) is 0 Å². The summed E-state index contributed by atoms with van der Waals surface area (Å²) >= 11 is 0. The van der Waals surface area contributed by atoms with Gasteiger partial charge in [0.2, 0.25) is 5.89 Å². The van der Waals surface area contributed by atoms with Crippen LogP contribution in [-0.4, -0.2) is 36.6 Å². The Morgan fingerprint density at radius 1 is 0.969 bits per heavy atom. The largest absolute Gasteiger partial charge is 0.497 e. The first-order valence-electron chi connectivity index (χ1n) is 10.7. The van der Waals surface area contributed by atoms with Crippen LogP contribution in [-0.2, 0) is 0 Å². The molecule has 1 fully saturated rings. The number of nitrogens with zero attached hydrogens (tertiary/aromatic N) is 2. The average molecular weight is 428 g/mol. The number of carbonyl (C=O) groups is 1. The Kier molecular flexibility index (Phi) is 5.27. The predicted molar refractivity (Wildman–Crippen MR) is 122 cm³/mol. The number of fused-ring (bicyclic) bond motifs is 1. The lowest BCUT2D eigenvalue weighted by Gasteiger charge is -2.22. The van der Waals surface area contributed by atoms with Crippen LogP contribution in [0.4, 0.5) is 0 Å². The molecule has 1 amide bonds. The van der Waals surface area contributed by atoms with Crippen molar-refractivity contribution < 1.29 is 18.7 Å². The van der Waals surface area contributed by atoms with Crippen LogP contribution in [0, 0.1) is 0 Å². The van der Waals surface area contributed by atoms with Crippen LogP contribution in [0.15, 0.2) is 71.1 Å². The second-order valence-corrected chi connectivity index (χ2v) is 7.85. The van der Waals surface area contributed by atoms with Crippen molar-refractivity contribution in [2.75, 3.05) is 20.8 Å². The van der Waals surface area contributed by atoms with Gasteiger partial charge < -0.3 is 18.8 Å². The lowest BCUT2D eigenvalue weighted by molar-refractivity contribution is 0.0716. The number of amides is 1. The zero-order valence-corrected chi connectivity index (χ0v) is 18.1. The topological polar surface area (TPSA) is 64.8 Å². The summed E-state index contributed by atoms with van der Waals surface area (Å²) in [6.45, 7) is 0.677. The Hall–Kier alpha value is -3.80. The summed E-state index contributed by atoms with van der Waals surface area (Å²) in [5, 5.41) is 0. The van der Waals surface area contributed by atoms with E-state index >= 15 is 0 Å². The molecule has 6 nitrogen and oxygen atoms in total. The standard InChI is InChI=1S/C26H24N2O4/c1-30-20-11-8-17(9-12-20)18-10-13-24-22(16-18)27-25(32-24)23-7-4-14-28(23)26(29)19-5-3-6-21(15-19)31-2/h3,5-6,8-13,15-16,23H,4,7,14H2,1-2H3/t23-/m0/s1. The highest BCUT2D eigenvalue weighted by atomic mass is 16.5. The molecule has 2 heterocycles. The summed E-state index contributed by atoms with van der Waals surface area (Å²) < 4.78 is 16.6. The molecule has 5 rings (SSSR count). The van der Waals surface area contributed by atoms with Crippen LogP contribution < -0.4 is 9.47 Å². The molecule has 0 spiro atoms. The first-order chi connectivity index (χ1) is 15.7. The molecule has 0 unspecified atom stereocenters. The molecule has 0 bridgehead atoms. The number of carbonyl (C=O) groups excluding carboxylic acids is 1. The molecule has 3 aromatic carbocycles. The molecule has 1 aromatic heterocycles. The fourth-order valence-electron chi connectivity index (χ4n) is 4.24. The second kappa shape index (κ2) is 8.38. The fourth-order valence-corrected chi connectivity index (χ4v) is 4.24. The maximum Gasteiger partial charge on any atom is 0.254 e. The van der Waals surface area contributed by atoms with Gasteiger partial charge in [-0.1, -0.05) is 24.3 Å². The third kappa shape index (κ3) is 3.68. The van der Waals surface area contributed by atoms with Crippen molar-refractivity contribution in [1.29, 1.82) is 0 Å². The van der Waals surface area contributed by atoms with E-state index in [-0.39, 0.29) is 11.9 Å². The van der Waals surface area contributed by atoms with Crippen molar-refractivity contribution in [3.8, 4) is 22.6 Å². The van der Waals surface area contributed by atoms with E-state index in [2.05, 4.69) is 0 Å². The lowest BCUT2D eigenvalue weighted by Crippen LogP contribution is -2.30. The molecular formula is C26H24N2O4. The normalized spacial score (nSPS) is 15.8. The summed E-state index contributed by atoms with van der Waals surface area (Å²) in [6.07, 6.45) is 1.74. The number of aromatic nitrogens is 1. The highest BCUT2D eigenvalue weighted by Gasteiger charge is 2.34. The van der Waals surface area contributed by atoms with E-state index in [0.29, 0.717) is 23.7 Å². The molecule has 0 N–H and O–H groups in total. The minimum Gasteiger partial charge on any atom is -0.497 e. The monoisotopic (exact) mass is 428 g/mol. The molecule has 0 saturated carbocycles. The van der Waals surface area contributed by atoms with Gasteiger partial charge >= 0.3 is 0 Å². The molecule has 1 aliphatic rings. The Bertz CT molecular complexity index is 1260. The van der Waals surface area contributed by atoms with Crippen LogP contribution >= 0.6 is 0 Å². The quantitative estimate of drug-likeness (QED) is 0.421. The number of hydrogen-bond donors (Lipinski definition) is 0. The Morgan fingerprint density at radius 3 is 2.53 bits per heavy atom. The number of likely N-dealkylation sites (tertiary alicyclic amines) is 1. The van der Waals surface area contributed by atoms with Gasteiger partial charge in [0.15, 0.2) is 5.58 Å². The van der Waals surface area contributed by atoms with Crippen LogP contribution in [0.3, 0.4) is 0 Å². The van der Waals surface area contributed by atoms with E-state index in [1.54, 1.807) is 20.3 Å². The maximum absolute atomic E-state index is 13.2. The van der Waals surface area contributed by atoms with Crippen LogP contribution in [0.1, 0.15) is 35.1 Å². The van der Waals surface area contributed by atoms with Gasteiger partial charge in [-0.05, 0) is 66.4 Å². The zero-order chi connectivity index (χ0) is 22.1. The summed E-state index contributed by atoms with van der Waals surface area (Å²) in [4.78, 5) is 19.8. The van der Waals surface area contributed by atoms with Crippen molar-refractivity contribution in [2.45, 2.75) is 18.9 Å². The molecule has 6 heteroatoms. The van der Waals surface area contributed by atoms with Crippen molar-refractivity contribution >= 4 is 17.0 Å². The van der Waals surface area contributed by atoms with Crippen LogP contribution in [0.2, 0.25) is 0 Å². The molecular weight excluding hydrogens is 404 g/mol. The van der Waals surface area contributed by atoms with Crippen molar-refractivity contribution in [3.05, 3.63) is 78.2 Å². The van der Waals surface area contributed by atoms with E-state index in [1.807, 2.05) is 65.6 Å². The van der Waals surface area contributed by atoms with Crippen LogP contribution in [0.25, 0.3) is 22.2 Å². The average Bonchev–Trinajstić information content (AvgIpc) is 3.50. The molecule has 0 radical (unpaired) electrons. The predicted octanol–water partition coefficient (Wildman–Crippen LogP) is 5.49. The van der Waals surface area contributed by atoms with E-state index in [0.717, 1.165) is 40.8 Å². The molecule has 32 heavy (non-hydrogen) atoms.